The molecule has 3 aromatic rings. The number of hydrogen-bond donors (Lipinski definition) is 0. The predicted molar refractivity (Wildman–Crippen MR) is 101 cm³/mol. The average molecular weight is 366 g/mol. The van der Waals surface area contributed by atoms with Gasteiger partial charge in [-0.3, -0.25) is 14.3 Å². The maximum absolute atomic E-state index is 12.8. The van der Waals surface area contributed by atoms with Gasteiger partial charge in [-0.25, -0.2) is 0 Å². The van der Waals surface area contributed by atoms with Crippen LogP contribution >= 0.6 is 0 Å². The third kappa shape index (κ3) is 3.93. The van der Waals surface area contributed by atoms with Crippen LogP contribution in [-0.4, -0.2) is 51.0 Å². The fourth-order valence-corrected chi connectivity index (χ4v) is 3.45. The third-order valence-corrected chi connectivity index (χ3v) is 4.84. The highest BCUT2D eigenvalue weighted by atomic mass is 16.5. The molecule has 1 fully saturated rings. The van der Waals surface area contributed by atoms with E-state index < -0.39 is 0 Å². The van der Waals surface area contributed by atoms with Crippen molar-refractivity contribution < 1.29 is 9.53 Å². The van der Waals surface area contributed by atoms with E-state index >= 15 is 0 Å². The van der Waals surface area contributed by atoms with Gasteiger partial charge in [-0.15, -0.1) is 0 Å². The SMILES string of the molecule is O=C(Cn1ccc2ccccc2c1=O)N1CCCO[C@@H](Cn2cccn2)C1. The van der Waals surface area contributed by atoms with Gasteiger partial charge in [0, 0.05) is 43.7 Å². The minimum Gasteiger partial charge on any atom is -0.374 e. The Labute approximate surface area is 156 Å². The molecule has 140 valence electrons. The van der Waals surface area contributed by atoms with Crippen molar-refractivity contribution in [1.29, 1.82) is 0 Å². The van der Waals surface area contributed by atoms with Gasteiger partial charge >= 0.3 is 0 Å². The molecule has 2 aromatic heterocycles. The molecule has 4 rings (SSSR count). The van der Waals surface area contributed by atoms with E-state index in [1.165, 1.54) is 4.57 Å². The van der Waals surface area contributed by atoms with Crippen molar-refractivity contribution in [2.45, 2.75) is 25.6 Å². The molecule has 3 heterocycles. The van der Waals surface area contributed by atoms with Crippen LogP contribution in [0.25, 0.3) is 10.8 Å². The Morgan fingerprint density at radius 2 is 2.07 bits per heavy atom. The highest BCUT2D eigenvalue weighted by molar-refractivity contribution is 5.82. The van der Waals surface area contributed by atoms with E-state index in [2.05, 4.69) is 5.10 Å². The Balaban J connectivity index is 1.48. The fraction of sp³-hybridized carbons (Fsp3) is 0.350. The smallest absolute Gasteiger partial charge is 0.258 e. The first-order chi connectivity index (χ1) is 13.2. The molecule has 27 heavy (non-hydrogen) atoms. The second-order valence-electron chi connectivity index (χ2n) is 6.75. The molecule has 0 N–H and O–H groups in total. The molecule has 0 radical (unpaired) electrons. The number of ether oxygens (including phenoxy) is 1. The summed E-state index contributed by atoms with van der Waals surface area (Å²) in [7, 11) is 0. The van der Waals surface area contributed by atoms with Gasteiger partial charge < -0.3 is 14.2 Å². The molecule has 0 spiro atoms. The zero-order chi connectivity index (χ0) is 18.6. The predicted octanol–water partition coefficient (Wildman–Crippen LogP) is 1.52. The molecule has 0 bridgehead atoms. The summed E-state index contributed by atoms with van der Waals surface area (Å²) < 4.78 is 9.16. The summed E-state index contributed by atoms with van der Waals surface area (Å²) in [6.45, 7) is 2.40. The van der Waals surface area contributed by atoms with E-state index in [1.807, 2.05) is 41.2 Å². The maximum Gasteiger partial charge on any atom is 0.258 e. The molecular weight excluding hydrogens is 344 g/mol. The van der Waals surface area contributed by atoms with Crippen molar-refractivity contribution in [1.82, 2.24) is 19.2 Å². The Bertz CT molecular complexity index is 980. The fourth-order valence-electron chi connectivity index (χ4n) is 3.45. The molecule has 1 aromatic carbocycles. The average Bonchev–Trinajstić information content (AvgIpc) is 3.08. The van der Waals surface area contributed by atoms with Gasteiger partial charge in [0.15, 0.2) is 0 Å². The summed E-state index contributed by atoms with van der Waals surface area (Å²) in [5, 5.41) is 5.72. The number of carbonyl (C=O) groups excluding carboxylic acids is 1. The van der Waals surface area contributed by atoms with Crippen molar-refractivity contribution in [3.05, 3.63) is 65.3 Å². The maximum atomic E-state index is 12.8. The van der Waals surface area contributed by atoms with Crippen molar-refractivity contribution >= 4 is 16.7 Å². The Morgan fingerprint density at radius 1 is 1.19 bits per heavy atom. The molecule has 1 saturated heterocycles. The van der Waals surface area contributed by atoms with E-state index in [4.69, 9.17) is 4.74 Å². The quantitative estimate of drug-likeness (QED) is 0.702. The highest BCUT2D eigenvalue weighted by Gasteiger charge is 2.23. The molecule has 1 aliphatic rings. The topological polar surface area (TPSA) is 69.4 Å². The number of carbonyl (C=O) groups is 1. The lowest BCUT2D eigenvalue weighted by Crippen LogP contribution is -2.41. The molecule has 1 atom stereocenters. The highest BCUT2D eigenvalue weighted by Crippen LogP contribution is 2.11. The number of nitrogens with zero attached hydrogens (tertiary/aromatic N) is 4. The van der Waals surface area contributed by atoms with E-state index in [0.29, 0.717) is 31.6 Å². The number of benzene rings is 1. The molecule has 1 aliphatic heterocycles. The standard InChI is InChI=1S/C20H22N4O3/c25-19(15-23-11-7-16-5-1-2-6-18(16)20(23)26)22-9-4-12-27-17(13-22)14-24-10-3-8-21-24/h1-3,5-8,10-11,17H,4,9,12-15H2/t17-/m1/s1. The van der Waals surface area contributed by atoms with Crippen LogP contribution in [0.2, 0.25) is 0 Å². The number of aromatic nitrogens is 3. The third-order valence-electron chi connectivity index (χ3n) is 4.84. The molecule has 0 saturated carbocycles. The number of amides is 1. The van der Waals surface area contributed by atoms with Gasteiger partial charge in [-0.2, -0.15) is 5.10 Å². The lowest BCUT2D eigenvalue weighted by Gasteiger charge is -2.24. The van der Waals surface area contributed by atoms with Crippen molar-refractivity contribution in [3.63, 3.8) is 0 Å². The lowest BCUT2D eigenvalue weighted by atomic mass is 10.2. The van der Waals surface area contributed by atoms with E-state index in [1.54, 1.807) is 23.4 Å². The second kappa shape index (κ2) is 7.75. The molecule has 7 heteroatoms. The van der Waals surface area contributed by atoms with E-state index in [0.717, 1.165) is 11.8 Å². The van der Waals surface area contributed by atoms with Gasteiger partial charge in [-0.05, 0) is 30.0 Å². The van der Waals surface area contributed by atoms with Crippen molar-refractivity contribution in [2.75, 3.05) is 19.7 Å². The van der Waals surface area contributed by atoms with Crippen molar-refractivity contribution in [3.8, 4) is 0 Å². The summed E-state index contributed by atoms with van der Waals surface area (Å²) in [5.41, 5.74) is -0.138. The Morgan fingerprint density at radius 3 is 2.93 bits per heavy atom. The summed E-state index contributed by atoms with van der Waals surface area (Å²) in [5.74, 6) is -0.0663. The molecule has 0 unspecified atom stereocenters. The van der Waals surface area contributed by atoms with Crippen LogP contribution < -0.4 is 5.56 Å². The van der Waals surface area contributed by atoms with Gasteiger partial charge in [0.05, 0.1) is 12.6 Å². The molecule has 1 amide bonds. The molecule has 7 nitrogen and oxygen atoms in total. The zero-order valence-corrected chi connectivity index (χ0v) is 15.0. The van der Waals surface area contributed by atoms with Crippen LogP contribution in [0.3, 0.4) is 0 Å². The minimum absolute atomic E-state index is 0.0398. The minimum atomic E-state index is -0.138. The number of fused-ring (bicyclic) bond motifs is 1. The summed E-state index contributed by atoms with van der Waals surface area (Å²) in [4.78, 5) is 27.3. The van der Waals surface area contributed by atoms with Crippen LogP contribution in [0.5, 0.6) is 0 Å². The number of pyridine rings is 1. The lowest BCUT2D eigenvalue weighted by molar-refractivity contribution is -0.132. The number of hydrogen-bond acceptors (Lipinski definition) is 4. The largest absolute Gasteiger partial charge is 0.374 e. The Kier molecular flexibility index (Phi) is 5.02. The van der Waals surface area contributed by atoms with Crippen LogP contribution in [0.4, 0.5) is 0 Å². The van der Waals surface area contributed by atoms with Crippen molar-refractivity contribution in [2.24, 2.45) is 0 Å². The Hall–Kier alpha value is -2.93. The summed E-state index contributed by atoms with van der Waals surface area (Å²) in [6.07, 6.45) is 5.98. The molecular formula is C20H22N4O3. The number of rotatable bonds is 4. The normalized spacial score (nSPS) is 17.8. The van der Waals surface area contributed by atoms with Gasteiger partial charge in [-0.1, -0.05) is 18.2 Å². The van der Waals surface area contributed by atoms with Crippen LogP contribution in [0, 0.1) is 0 Å². The monoisotopic (exact) mass is 366 g/mol. The first kappa shape index (κ1) is 17.5. The summed E-state index contributed by atoms with van der Waals surface area (Å²) in [6, 6.07) is 11.2. The second-order valence-corrected chi connectivity index (χ2v) is 6.75. The van der Waals surface area contributed by atoms with Crippen LogP contribution in [-0.2, 0) is 22.6 Å². The summed E-state index contributed by atoms with van der Waals surface area (Å²) >= 11 is 0. The zero-order valence-electron chi connectivity index (χ0n) is 15.0. The first-order valence-corrected chi connectivity index (χ1v) is 9.16. The molecule has 0 aliphatic carbocycles. The van der Waals surface area contributed by atoms with Crippen LogP contribution in [0.1, 0.15) is 6.42 Å². The van der Waals surface area contributed by atoms with E-state index in [9.17, 15) is 9.59 Å². The van der Waals surface area contributed by atoms with Gasteiger partial charge in [0.1, 0.15) is 6.54 Å². The van der Waals surface area contributed by atoms with Crippen LogP contribution in [0.15, 0.2) is 59.8 Å². The first-order valence-electron chi connectivity index (χ1n) is 9.16. The van der Waals surface area contributed by atoms with E-state index in [-0.39, 0.29) is 24.1 Å². The van der Waals surface area contributed by atoms with Gasteiger partial charge in [0.25, 0.3) is 5.56 Å². The van der Waals surface area contributed by atoms with Gasteiger partial charge in [0.2, 0.25) is 5.91 Å².